The van der Waals surface area contributed by atoms with Gasteiger partial charge in [-0.2, -0.15) is 0 Å². The summed E-state index contributed by atoms with van der Waals surface area (Å²) in [7, 11) is 0. The normalized spacial score (nSPS) is 17.3. The van der Waals surface area contributed by atoms with Crippen LogP contribution in [0, 0.1) is 13.8 Å². The van der Waals surface area contributed by atoms with Crippen LogP contribution in [-0.2, 0) is 11.2 Å². The number of nitrogens with zero attached hydrogens (tertiary/aromatic N) is 1. The zero-order valence-electron chi connectivity index (χ0n) is 12.5. The highest BCUT2D eigenvalue weighted by atomic mass is 32.1. The minimum absolute atomic E-state index is 0.0556. The van der Waals surface area contributed by atoms with Crippen LogP contribution < -0.4 is 16.2 Å². The van der Waals surface area contributed by atoms with Gasteiger partial charge < -0.3 is 10.3 Å². The molecule has 3 rings (SSSR count). The van der Waals surface area contributed by atoms with Crippen LogP contribution in [0.5, 0.6) is 0 Å². The molecule has 1 unspecified atom stereocenters. The lowest BCUT2D eigenvalue weighted by Crippen LogP contribution is -2.41. The second-order valence-electron chi connectivity index (χ2n) is 5.33. The van der Waals surface area contributed by atoms with Crippen molar-refractivity contribution in [2.75, 3.05) is 13.1 Å². The fourth-order valence-corrected chi connectivity index (χ4v) is 3.53. The lowest BCUT2D eigenvalue weighted by atomic mass is 10.2. The number of carbonyl (C=O) groups is 1. The number of H-pyrrole nitrogens is 1. The molecule has 116 valence electrons. The average molecular weight is 318 g/mol. The molecule has 3 N–H and O–H groups in total. The van der Waals surface area contributed by atoms with E-state index in [1.54, 1.807) is 0 Å². The Kier molecular flexibility index (Phi) is 4.08. The molecule has 1 amide bonds. The molecule has 0 fully saturated rings. The Labute approximate surface area is 131 Å². The fraction of sp³-hybridized carbons (Fsp3) is 0.400. The number of hydrogen-bond acceptors (Lipinski definition) is 5. The zero-order valence-corrected chi connectivity index (χ0v) is 13.3. The van der Waals surface area contributed by atoms with Crippen molar-refractivity contribution in [3.63, 3.8) is 0 Å². The van der Waals surface area contributed by atoms with E-state index in [2.05, 4.69) is 20.6 Å². The van der Waals surface area contributed by atoms with Crippen LogP contribution in [0.3, 0.4) is 0 Å². The van der Waals surface area contributed by atoms with Gasteiger partial charge in [0.25, 0.3) is 5.56 Å². The molecule has 7 heteroatoms. The molecule has 1 aliphatic rings. The largest absolute Gasteiger partial charge is 0.354 e. The molecule has 3 heterocycles. The lowest BCUT2D eigenvalue weighted by molar-refractivity contribution is -0.121. The van der Waals surface area contributed by atoms with E-state index in [1.807, 2.05) is 26.0 Å². The Morgan fingerprint density at radius 2 is 2.32 bits per heavy atom. The zero-order chi connectivity index (χ0) is 15.7. The molecular weight excluding hydrogens is 300 g/mol. The molecule has 6 nitrogen and oxygen atoms in total. The van der Waals surface area contributed by atoms with Crippen molar-refractivity contribution in [3.05, 3.63) is 38.8 Å². The number of aryl methyl sites for hydroxylation is 2. The Morgan fingerprint density at radius 3 is 3.05 bits per heavy atom. The summed E-state index contributed by atoms with van der Waals surface area (Å²) >= 11 is 1.53. The number of carbonyl (C=O) groups excluding carboxylic acids is 1. The Balaban J connectivity index is 1.68. The van der Waals surface area contributed by atoms with Gasteiger partial charge in [-0.15, -0.1) is 11.3 Å². The molecular formula is C15H18N4O2S. The van der Waals surface area contributed by atoms with Gasteiger partial charge in [-0.25, -0.2) is 4.98 Å². The smallest absolute Gasteiger partial charge is 0.259 e. The number of nitrogens with one attached hydrogen (secondary N) is 3. The Hall–Kier alpha value is -1.99. The molecule has 0 radical (unpaired) electrons. The van der Waals surface area contributed by atoms with E-state index in [0.717, 1.165) is 21.8 Å². The topological polar surface area (TPSA) is 86.9 Å². The SMILES string of the molecule is Cc1sc2nc(CCNC(=O)C3C=CCN3)[nH]c(=O)c2c1C. The molecule has 0 spiro atoms. The predicted molar refractivity (Wildman–Crippen MR) is 87.4 cm³/mol. The van der Waals surface area contributed by atoms with Crippen LogP contribution in [0.15, 0.2) is 16.9 Å². The van der Waals surface area contributed by atoms with E-state index in [9.17, 15) is 9.59 Å². The maximum Gasteiger partial charge on any atom is 0.259 e. The van der Waals surface area contributed by atoms with Gasteiger partial charge in [0.15, 0.2) is 0 Å². The van der Waals surface area contributed by atoms with Crippen molar-refractivity contribution >= 4 is 27.5 Å². The van der Waals surface area contributed by atoms with Gasteiger partial charge in [0, 0.05) is 24.4 Å². The first kappa shape index (κ1) is 14.9. The Morgan fingerprint density at radius 1 is 1.50 bits per heavy atom. The van der Waals surface area contributed by atoms with Gasteiger partial charge in [0.05, 0.1) is 5.39 Å². The van der Waals surface area contributed by atoms with E-state index >= 15 is 0 Å². The van der Waals surface area contributed by atoms with Gasteiger partial charge in [-0.3, -0.25) is 14.9 Å². The van der Waals surface area contributed by atoms with E-state index in [-0.39, 0.29) is 17.5 Å². The summed E-state index contributed by atoms with van der Waals surface area (Å²) < 4.78 is 0. The number of aromatic amines is 1. The number of hydrogen-bond donors (Lipinski definition) is 3. The Bertz CT molecular complexity index is 806. The molecule has 0 aromatic carbocycles. The van der Waals surface area contributed by atoms with Crippen LogP contribution in [-0.4, -0.2) is 35.0 Å². The fourth-order valence-electron chi connectivity index (χ4n) is 2.48. The minimum Gasteiger partial charge on any atom is -0.354 e. The van der Waals surface area contributed by atoms with Gasteiger partial charge in [-0.05, 0) is 19.4 Å². The van der Waals surface area contributed by atoms with E-state index in [0.29, 0.717) is 24.2 Å². The first-order valence-corrected chi connectivity index (χ1v) is 8.04. The average Bonchev–Trinajstić information content (AvgIpc) is 3.08. The van der Waals surface area contributed by atoms with Crippen molar-refractivity contribution < 1.29 is 4.79 Å². The quantitative estimate of drug-likeness (QED) is 0.727. The maximum absolute atomic E-state index is 12.1. The van der Waals surface area contributed by atoms with Gasteiger partial charge in [-0.1, -0.05) is 12.2 Å². The number of thiophene rings is 1. The molecule has 1 aliphatic heterocycles. The summed E-state index contributed by atoms with van der Waals surface area (Å²) in [6.45, 7) is 5.10. The molecule has 0 bridgehead atoms. The van der Waals surface area contributed by atoms with Crippen molar-refractivity contribution in [1.29, 1.82) is 0 Å². The van der Waals surface area contributed by atoms with E-state index < -0.39 is 0 Å². The molecule has 0 aliphatic carbocycles. The third-order valence-electron chi connectivity index (χ3n) is 3.82. The standard InChI is InChI=1S/C15H18N4O2S/c1-8-9(2)22-15-12(8)14(21)18-11(19-15)5-7-17-13(20)10-4-3-6-16-10/h3-4,10,16H,5-7H2,1-2H3,(H,17,20)(H,18,19,21). The van der Waals surface area contributed by atoms with E-state index in [4.69, 9.17) is 0 Å². The van der Waals surface area contributed by atoms with E-state index in [1.165, 1.54) is 11.3 Å². The third kappa shape index (κ3) is 2.82. The maximum atomic E-state index is 12.1. The highest BCUT2D eigenvalue weighted by molar-refractivity contribution is 7.18. The van der Waals surface area contributed by atoms with Crippen LogP contribution in [0.1, 0.15) is 16.3 Å². The number of aromatic nitrogens is 2. The minimum atomic E-state index is -0.253. The van der Waals surface area contributed by atoms with Gasteiger partial charge in [0.2, 0.25) is 5.91 Å². The van der Waals surface area contributed by atoms with Crippen molar-refractivity contribution in [3.8, 4) is 0 Å². The summed E-state index contributed by atoms with van der Waals surface area (Å²) in [5, 5.41) is 6.57. The van der Waals surface area contributed by atoms with Gasteiger partial charge in [0.1, 0.15) is 16.7 Å². The molecule has 2 aromatic rings. The summed E-state index contributed by atoms with van der Waals surface area (Å²) in [5.41, 5.74) is 0.890. The van der Waals surface area contributed by atoms with Gasteiger partial charge >= 0.3 is 0 Å². The monoisotopic (exact) mass is 318 g/mol. The van der Waals surface area contributed by atoms with Crippen LogP contribution in [0.25, 0.3) is 10.2 Å². The van der Waals surface area contributed by atoms with Crippen molar-refractivity contribution in [1.82, 2.24) is 20.6 Å². The first-order valence-electron chi connectivity index (χ1n) is 7.23. The number of rotatable bonds is 4. The predicted octanol–water partition coefficient (Wildman–Crippen LogP) is 0.788. The highest BCUT2D eigenvalue weighted by Gasteiger charge is 2.17. The molecule has 0 saturated carbocycles. The molecule has 1 atom stereocenters. The third-order valence-corrected chi connectivity index (χ3v) is 4.92. The second-order valence-corrected chi connectivity index (χ2v) is 6.53. The molecule has 0 saturated heterocycles. The second kappa shape index (κ2) is 6.02. The van der Waals surface area contributed by atoms with Crippen LogP contribution >= 0.6 is 11.3 Å². The lowest BCUT2D eigenvalue weighted by Gasteiger charge is -2.09. The highest BCUT2D eigenvalue weighted by Crippen LogP contribution is 2.25. The van der Waals surface area contributed by atoms with Crippen molar-refractivity contribution in [2.45, 2.75) is 26.3 Å². The summed E-state index contributed by atoms with van der Waals surface area (Å²) in [4.78, 5) is 33.2. The van der Waals surface area contributed by atoms with Crippen LogP contribution in [0.2, 0.25) is 0 Å². The summed E-state index contributed by atoms with van der Waals surface area (Å²) in [6.07, 6.45) is 4.28. The molecule has 22 heavy (non-hydrogen) atoms. The number of amides is 1. The molecule has 2 aromatic heterocycles. The summed E-state index contributed by atoms with van der Waals surface area (Å²) in [5.74, 6) is 0.550. The van der Waals surface area contributed by atoms with Crippen LogP contribution in [0.4, 0.5) is 0 Å². The number of fused-ring (bicyclic) bond motifs is 1. The first-order chi connectivity index (χ1) is 10.6. The van der Waals surface area contributed by atoms with Crippen molar-refractivity contribution in [2.24, 2.45) is 0 Å². The summed E-state index contributed by atoms with van der Waals surface area (Å²) in [6, 6.07) is -0.253.